The smallest absolute Gasteiger partial charge is 0.249 e. The van der Waals surface area contributed by atoms with Crippen LogP contribution in [0.3, 0.4) is 0 Å². The van der Waals surface area contributed by atoms with Crippen LogP contribution in [-0.4, -0.2) is 75.2 Å². The van der Waals surface area contributed by atoms with Crippen LogP contribution in [0.4, 0.5) is 0 Å². The van der Waals surface area contributed by atoms with Crippen LogP contribution in [0, 0.1) is 0 Å². The van der Waals surface area contributed by atoms with E-state index in [9.17, 15) is 34.8 Å². The molecule has 1 amide bonds. The minimum absolute atomic E-state index is 0.0337. The zero-order valence-corrected chi connectivity index (χ0v) is 20.6. The van der Waals surface area contributed by atoms with E-state index < -0.39 is 89.2 Å². The van der Waals surface area contributed by atoms with Gasteiger partial charge in [-0.25, -0.2) is 0 Å². The molecule has 5 rings (SSSR count). The standard InChI is InChI=1S/C26H28N2O10/c1-9-20(29)12(27)6-15(37-9)38-14-8-26(35,25(28)34)7-11-17(14)24(33)19-18(22(11)31)21(30)10-4-3-5-13(36-2)16(10)23(19)32/h3-5,9,12,14-15,20,29,31,33,35H,6-8,27H2,1-2H3,(H2,28,34). The average molecular weight is 529 g/mol. The molecular weight excluding hydrogens is 500 g/mol. The highest BCUT2D eigenvalue weighted by Crippen LogP contribution is 2.52. The maximum atomic E-state index is 13.6. The van der Waals surface area contributed by atoms with Gasteiger partial charge in [0.25, 0.3) is 0 Å². The van der Waals surface area contributed by atoms with E-state index in [4.69, 9.17) is 25.7 Å². The van der Waals surface area contributed by atoms with E-state index in [1.54, 1.807) is 6.92 Å². The summed E-state index contributed by atoms with van der Waals surface area (Å²) in [6, 6.07) is 3.67. The van der Waals surface area contributed by atoms with Crippen molar-refractivity contribution in [3.63, 3.8) is 0 Å². The van der Waals surface area contributed by atoms with E-state index in [2.05, 4.69) is 0 Å². The van der Waals surface area contributed by atoms with Gasteiger partial charge < -0.3 is 46.1 Å². The van der Waals surface area contributed by atoms with Crippen LogP contribution in [-0.2, 0) is 20.7 Å². The zero-order valence-electron chi connectivity index (χ0n) is 20.6. The average Bonchev–Trinajstić information content (AvgIpc) is 2.87. The Morgan fingerprint density at radius 1 is 1.13 bits per heavy atom. The van der Waals surface area contributed by atoms with Gasteiger partial charge in [0.05, 0.1) is 42.1 Å². The maximum absolute atomic E-state index is 13.6. The highest BCUT2D eigenvalue weighted by Gasteiger charge is 2.50. The Morgan fingerprint density at radius 2 is 1.82 bits per heavy atom. The van der Waals surface area contributed by atoms with Gasteiger partial charge in [-0.15, -0.1) is 0 Å². The van der Waals surface area contributed by atoms with E-state index >= 15 is 0 Å². The molecule has 2 aromatic rings. The third-order valence-corrected chi connectivity index (χ3v) is 7.60. The second-order valence-corrected chi connectivity index (χ2v) is 9.94. The number of rotatable bonds is 4. The molecule has 0 bridgehead atoms. The minimum Gasteiger partial charge on any atom is -0.507 e. The molecule has 1 heterocycles. The number of amides is 1. The lowest BCUT2D eigenvalue weighted by Gasteiger charge is -2.41. The van der Waals surface area contributed by atoms with Crippen molar-refractivity contribution in [2.24, 2.45) is 11.5 Å². The number of methoxy groups -OCH3 is 1. The third-order valence-electron chi connectivity index (χ3n) is 7.60. The molecular formula is C26H28N2O10. The van der Waals surface area contributed by atoms with Crippen molar-refractivity contribution < 1.29 is 49.0 Å². The van der Waals surface area contributed by atoms with Gasteiger partial charge in [-0.3, -0.25) is 14.4 Å². The number of aliphatic hydroxyl groups excluding tert-OH is 1. The molecule has 0 spiro atoms. The Bertz CT molecular complexity index is 1360. The van der Waals surface area contributed by atoms with Gasteiger partial charge >= 0.3 is 0 Å². The van der Waals surface area contributed by atoms with E-state index in [0.29, 0.717) is 0 Å². The first-order valence-electron chi connectivity index (χ1n) is 12.0. The second kappa shape index (κ2) is 9.03. The Balaban J connectivity index is 1.68. The number of phenols is 2. The molecule has 12 nitrogen and oxygen atoms in total. The van der Waals surface area contributed by atoms with E-state index in [1.165, 1.54) is 25.3 Å². The summed E-state index contributed by atoms with van der Waals surface area (Å²) in [5.74, 6) is -3.85. The van der Waals surface area contributed by atoms with Crippen LogP contribution >= 0.6 is 0 Å². The first-order valence-corrected chi connectivity index (χ1v) is 12.0. The fourth-order valence-electron chi connectivity index (χ4n) is 5.58. The van der Waals surface area contributed by atoms with E-state index in [1.807, 2.05) is 0 Å². The molecule has 0 aromatic heterocycles. The number of aliphatic hydroxyl groups is 2. The van der Waals surface area contributed by atoms with Crippen LogP contribution in [0.5, 0.6) is 17.2 Å². The van der Waals surface area contributed by atoms with Crippen molar-refractivity contribution in [1.29, 1.82) is 0 Å². The van der Waals surface area contributed by atoms with Crippen molar-refractivity contribution >= 4 is 17.5 Å². The second-order valence-electron chi connectivity index (χ2n) is 9.94. The molecule has 2 aromatic carbocycles. The zero-order chi connectivity index (χ0) is 27.7. The van der Waals surface area contributed by atoms with Gasteiger partial charge in [-0.05, 0) is 13.0 Å². The molecule has 1 fully saturated rings. The summed E-state index contributed by atoms with van der Waals surface area (Å²) in [4.78, 5) is 39.3. The number of benzene rings is 2. The molecule has 202 valence electrons. The number of primary amides is 1. The van der Waals surface area contributed by atoms with Crippen LogP contribution < -0.4 is 16.2 Å². The summed E-state index contributed by atoms with van der Waals surface area (Å²) < 4.78 is 17.0. The largest absolute Gasteiger partial charge is 0.507 e. The van der Waals surface area contributed by atoms with Gasteiger partial charge in [0.2, 0.25) is 11.7 Å². The van der Waals surface area contributed by atoms with E-state index in [0.717, 1.165) is 0 Å². The van der Waals surface area contributed by atoms with Crippen LogP contribution in [0.2, 0.25) is 0 Å². The SMILES string of the molecule is COc1cccc2c1C(=O)c1c(O)c3c(c(O)c1C2=O)CC(O)(C(N)=O)CC3OC1CC(N)C(O)C(C)O1. The normalized spacial score (nSPS) is 30.3. The Morgan fingerprint density at radius 3 is 2.45 bits per heavy atom. The molecule has 1 saturated heterocycles. The minimum atomic E-state index is -2.22. The fourth-order valence-corrected chi connectivity index (χ4v) is 5.58. The summed E-state index contributed by atoms with van der Waals surface area (Å²) in [5, 5.41) is 43.9. The number of carbonyl (C=O) groups is 3. The molecule has 38 heavy (non-hydrogen) atoms. The maximum Gasteiger partial charge on any atom is 0.249 e. The summed E-state index contributed by atoms with van der Waals surface area (Å²) >= 11 is 0. The summed E-state index contributed by atoms with van der Waals surface area (Å²) in [7, 11) is 1.33. The number of aromatic hydroxyl groups is 2. The van der Waals surface area contributed by atoms with Crippen molar-refractivity contribution in [1.82, 2.24) is 0 Å². The number of hydrogen-bond acceptors (Lipinski definition) is 11. The molecule has 3 aliphatic rings. The van der Waals surface area contributed by atoms with Crippen molar-refractivity contribution in [3.05, 3.63) is 51.6 Å². The number of ether oxygens (including phenoxy) is 3. The first-order chi connectivity index (χ1) is 17.9. The van der Waals surface area contributed by atoms with Crippen molar-refractivity contribution in [3.8, 4) is 17.2 Å². The number of phenolic OH excluding ortho intramolecular Hbond substituents is 2. The molecule has 12 heteroatoms. The van der Waals surface area contributed by atoms with Gasteiger partial charge in [-0.2, -0.15) is 0 Å². The molecule has 0 saturated carbocycles. The molecule has 0 radical (unpaired) electrons. The number of nitrogens with two attached hydrogens (primary N) is 2. The monoisotopic (exact) mass is 528 g/mol. The lowest BCUT2D eigenvalue weighted by Crippen LogP contribution is -2.53. The summed E-state index contributed by atoms with van der Waals surface area (Å²) in [5.41, 5.74) is 7.96. The first kappa shape index (κ1) is 26.1. The highest BCUT2D eigenvalue weighted by atomic mass is 16.7. The van der Waals surface area contributed by atoms with Gasteiger partial charge in [0.1, 0.15) is 22.8 Å². The van der Waals surface area contributed by atoms with E-state index in [-0.39, 0.29) is 34.4 Å². The van der Waals surface area contributed by atoms with Crippen molar-refractivity contribution in [2.45, 2.75) is 62.4 Å². The van der Waals surface area contributed by atoms with Gasteiger partial charge in [0, 0.05) is 42.0 Å². The number of hydrogen-bond donors (Lipinski definition) is 6. The fraction of sp³-hybridized carbons (Fsp3) is 0.423. The molecule has 6 atom stereocenters. The van der Waals surface area contributed by atoms with Crippen LogP contribution in [0.25, 0.3) is 0 Å². The lowest BCUT2D eigenvalue weighted by molar-refractivity contribution is -0.247. The molecule has 2 aliphatic carbocycles. The predicted molar refractivity (Wildman–Crippen MR) is 129 cm³/mol. The van der Waals surface area contributed by atoms with Gasteiger partial charge in [-0.1, -0.05) is 12.1 Å². The van der Waals surface area contributed by atoms with Crippen LogP contribution in [0.15, 0.2) is 18.2 Å². The number of ketones is 2. The quantitative estimate of drug-likeness (QED) is 0.247. The molecule has 1 aliphatic heterocycles. The summed E-state index contributed by atoms with van der Waals surface area (Å²) in [6.07, 6.45) is -4.98. The predicted octanol–water partition coefficient (Wildman–Crippen LogP) is -0.0748. The molecule has 6 unspecified atom stereocenters. The Hall–Kier alpha value is -3.55. The lowest BCUT2D eigenvalue weighted by atomic mass is 9.72. The highest BCUT2D eigenvalue weighted by molar-refractivity contribution is 6.31. The summed E-state index contributed by atoms with van der Waals surface area (Å²) in [6.45, 7) is 1.59. The number of carbonyl (C=O) groups excluding carboxylic acids is 3. The molecule has 8 N–H and O–H groups in total. The topological polar surface area (TPSA) is 212 Å². The third kappa shape index (κ3) is 3.76. The van der Waals surface area contributed by atoms with Crippen molar-refractivity contribution in [2.75, 3.05) is 7.11 Å². The van der Waals surface area contributed by atoms with Crippen LogP contribution in [0.1, 0.15) is 68.8 Å². The number of fused-ring (bicyclic) bond motifs is 3. The van der Waals surface area contributed by atoms with Gasteiger partial charge in [0.15, 0.2) is 12.1 Å². The Labute approximate surface area is 216 Å². The Kier molecular flexibility index (Phi) is 6.20.